The number of aryl methyl sites for hydroxylation is 1. The molecule has 0 heterocycles. The topological polar surface area (TPSA) is 70.8 Å². The normalized spacial score (nSPS) is 11.8. The van der Waals surface area contributed by atoms with E-state index in [4.69, 9.17) is 19.9 Å². The molecular formula is C14H21NO4. The van der Waals surface area contributed by atoms with Crippen LogP contribution in [0.5, 0.6) is 11.5 Å². The number of hydrogen-bond donors (Lipinski definition) is 1. The summed E-state index contributed by atoms with van der Waals surface area (Å²) in [6.07, 6.45) is 0.0869. The van der Waals surface area contributed by atoms with Gasteiger partial charge in [0.25, 0.3) is 0 Å². The number of carbonyl (C=O) groups is 1. The standard InChI is InChI=1S/C14H21NO4/c1-5-19-13(16)8-10(15)14-11(17-3)6-9(2)7-12(14)18-4/h6-7,10H,5,8,15H2,1-4H3/t10-/m1/s1. The van der Waals surface area contributed by atoms with Crippen LogP contribution in [0.15, 0.2) is 12.1 Å². The molecule has 0 spiro atoms. The van der Waals surface area contributed by atoms with Crippen LogP contribution in [-0.4, -0.2) is 26.8 Å². The third-order valence-electron chi connectivity index (χ3n) is 2.75. The van der Waals surface area contributed by atoms with Crippen LogP contribution < -0.4 is 15.2 Å². The van der Waals surface area contributed by atoms with Crippen LogP contribution in [-0.2, 0) is 9.53 Å². The van der Waals surface area contributed by atoms with Crippen molar-refractivity contribution in [3.63, 3.8) is 0 Å². The Bertz CT molecular complexity index is 420. The van der Waals surface area contributed by atoms with E-state index < -0.39 is 6.04 Å². The quantitative estimate of drug-likeness (QED) is 0.798. The van der Waals surface area contributed by atoms with Gasteiger partial charge in [0, 0.05) is 6.04 Å². The maximum atomic E-state index is 11.5. The van der Waals surface area contributed by atoms with E-state index in [1.54, 1.807) is 21.1 Å². The molecule has 19 heavy (non-hydrogen) atoms. The fourth-order valence-corrected chi connectivity index (χ4v) is 1.94. The monoisotopic (exact) mass is 267 g/mol. The SMILES string of the molecule is CCOC(=O)C[C@@H](N)c1c(OC)cc(C)cc1OC. The third kappa shape index (κ3) is 3.86. The van der Waals surface area contributed by atoms with Crippen molar-refractivity contribution in [2.24, 2.45) is 5.73 Å². The lowest BCUT2D eigenvalue weighted by molar-refractivity contribution is -0.143. The summed E-state index contributed by atoms with van der Waals surface area (Å²) in [5.74, 6) is 0.905. The molecule has 0 fully saturated rings. The van der Waals surface area contributed by atoms with Gasteiger partial charge < -0.3 is 19.9 Å². The number of methoxy groups -OCH3 is 2. The first-order chi connectivity index (χ1) is 9.03. The minimum absolute atomic E-state index is 0.0869. The average Bonchev–Trinajstić information content (AvgIpc) is 2.37. The molecule has 5 nitrogen and oxygen atoms in total. The molecule has 0 unspecified atom stereocenters. The Morgan fingerprint density at radius 3 is 2.21 bits per heavy atom. The Labute approximate surface area is 113 Å². The van der Waals surface area contributed by atoms with E-state index in [0.29, 0.717) is 23.7 Å². The summed E-state index contributed by atoms with van der Waals surface area (Å²) in [7, 11) is 3.13. The summed E-state index contributed by atoms with van der Waals surface area (Å²) < 4.78 is 15.5. The highest BCUT2D eigenvalue weighted by Gasteiger charge is 2.21. The second-order valence-electron chi connectivity index (χ2n) is 4.20. The van der Waals surface area contributed by atoms with E-state index in [1.807, 2.05) is 19.1 Å². The smallest absolute Gasteiger partial charge is 0.307 e. The molecule has 0 aromatic heterocycles. The van der Waals surface area contributed by atoms with Crippen LogP contribution in [0.4, 0.5) is 0 Å². The van der Waals surface area contributed by atoms with Crippen molar-refractivity contribution in [1.29, 1.82) is 0 Å². The van der Waals surface area contributed by atoms with Crippen molar-refractivity contribution in [1.82, 2.24) is 0 Å². The number of esters is 1. The molecule has 0 aliphatic rings. The highest BCUT2D eigenvalue weighted by molar-refractivity contribution is 5.71. The third-order valence-corrected chi connectivity index (χ3v) is 2.75. The summed E-state index contributed by atoms with van der Waals surface area (Å²) in [6.45, 7) is 4.04. The van der Waals surface area contributed by atoms with Crippen molar-refractivity contribution in [3.05, 3.63) is 23.3 Å². The van der Waals surface area contributed by atoms with Crippen LogP contribution in [0.1, 0.15) is 30.5 Å². The molecule has 0 amide bonds. The lowest BCUT2D eigenvalue weighted by atomic mass is 10.0. The number of nitrogens with two attached hydrogens (primary N) is 1. The second-order valence-corrected chi connectivity index (χ2v) is 4.20. The van der Waals surface area contributed by atoms with Gasteiger partial charge in [-0.05, 0) is 31.5 Å². The number of hydrogen-bond acceptors (Lipinski definition) is 5. The van der Waals surface area contributed by atoms with Gasteiger partial charge in [-0.1, -0.05) is 0 Å². The molecule has 106 valence electrons. The highest BCUT2D eigenvalue weighted by atomic mass is 16.5. The van der Waals surface area contributed by atoms with E-state index >= 15 is 0 Å². The van der Waals surface area contributed by atoms with Gasteiger partial charge in [-0.2, -0.15) is 0 Å². The fourth-order valence-electron chi connectivity index (χ4n) is 1.94. The van der Waals surface area contributed by atoms with Crippen molar-refractivity contribution in [2.75, 3.05) is 20.8 Å². The predicted molar refractivity (Wildman–Crippen MR) is 72.5 cm³/mol. The lowest BCUT2D eigenvalue weighted by Gasteiger charge is -2.19. The van der Waals surface area contributed by atoms with Crippen molar-refractivity contribution >= 4 is 5.97 Å². The van der Waals surface area contributed by atoms with E-state index in [2.05, 4.69) is 0 Å². The van der Waals surface area contributed by atoms with Gasteiger partial charge in [-0.3, -0.25) is 4.79 Å². The van der Waals surface area contributed by atoms with Crippen LogP contribution in [0.25, 0.3) is 0 Å². The molecule has 1 rings (SSSR count). The Morgan fingerprint density at radius 2 is 1.79 bits per heavy atom. The van der Waals surface area contributed by atoms with Gasteiger partial charge in [0.1, 0.15) is 11.5 Å². The van der Waals surface area contributed by atoms with Gasteiger partial charge in [0.05, 0.1) is 32.8 Å². The molecule has 1 aromatic carbocycles. The van der Waals surface area contributed by atoms with E-state index in [-0.39, 0.29) is 12.4 Å². The zero-order valence-electron chi connectivity index (χ0n) is 11.9. The molecule has 0 bridgehead atoms. The molecule has 0 saturated carbocycles. The number of rotatable bonds is 6. The maximum Gasteiger partial charge on any atom is 0.307 e. The molecular weight excluding hydrogens is 246 g/mol. The zero-order valence-corrected chi connectivity index (χ0v) is 11.9. The minimum Gasteiger partial charge on any atom is -0.496 e. The van der Waals surface area contributed by atoms with Crippen LogP contribution in [0.2, 0.25) is 0 Å². The fraction of sp³-hybridized carbons (Fsp3) is 0.500. The summed E-state index contributed by atoms with van der Waals surface area (Å²) >= 11 is 0. The van der Waals surface area contributed by atoms with Gasteiger partial charge in [-0.25, -0.2) is 0 Å². The lowest BCUT2D eigenvalue weighted by Crippen LogP contribution is -2.19. The highest BCUT2D eigenvalue weighted by Crippen LogP contribution is 2.35. The first kappa shape index (κ1) is 15.3. The molecule has 1 aromatic rings. The predicted octanol–water partition coefficient (Wildman–Crippen LogP) is 1.97. The van der Waals surface area contributed by atoms with Crippen molar-refractivity contribution < 1.29 is 19.0 Å². The van der Waals surface area contributed by atoms with E-state index in [1.165, 1.54) is 0 Å². The zero-order chi connectivity index (χ0) is 14.4. The summed E-state index contributed by atoms with van der Waals surface area (Å²) in [5, 5.41) is 0. The van der Waals surface area contributed by atoms with E-state index in [9.17, 15) is 4.79 Å². The van der Waals surface area contributed by atoms with Crippen molar-refractivity contribution in [3.8, 4) is 11.5 Å². The average molecular weight is 267 g/mol. The van der Waals surface area contributed by atoms with E-state index in [0.717, 1.165) is 5.56 Å². The minimum atomic E-state index is -0.524. The molecule has 0 aliphatic carbocycles. The largest absolute Gasteiger partial charge is 0.496 e. The van der Waals surface area contributed by atoms with Gasteiger partial charge in [0.2, 0.25) is 0 Å². The van der Waals surface area contributed by atoms with Crippen LogP contribution >= 0.6 is 0 Å². The molecule has 0 aliphatic heterocycles. The Hall–Kier alpha value is -1.75. The van der Waals surface area contributed by atoms with Gasteiger partial charge >= 0.3 is 5.97 Å². The molecule has 1 atom stereocenters. The van der Waals surface area contributed by atoms with Gasteiger partial charge in [0.15, 0.2) is 0 Å². The van der Waals surface area contributed by atoms with Crippen LogP contribution in [0.3, 0.4) is 0 Å². The first-order valence-electron chi connectivity index (χ1n) is 6.17. The number of benzene rings is 1. The first-order valence-corrected chi connectivity index (χ1v) is 6.17. The van der Waals surface area contributed by atoms with Gasteiger partial charge in [-0.15, -0.1) is 0 Å². The summed E-state index contributed by atoms with van der Waals surface area (Å²) in [5.41, 5.74) is 7.75. The molecule has 2 N–H and O–H groups in total. The Kier molecular flexibility index (Phi) is 5.63. The second kappa shape index (κ2) is 6.99. The molecule has 0 radical (unpaired) electrons. The van der Waals surface area contributed by atoms with Crippen LogP contribution in [0, 0.1) is 6.92 Å². The Morgan fingerprint density at radius 1 is 1.26 bits per heavy atom. The number of carbonyl (C=O) groups excluding carboxylic acids is 1. The maximum absolute atomic E-state index is 11.5. The Balaban J connectivity index is 3.06. The number of ether oxygens (including phenoxy) is 3. The van der Waals surface area contributed by atoms with Crippen molar-refractivity contribution in [2.45, 2.75) is 26.3 Å². The summed E-state index contributed by atoms with van der Waals surface area (Å²) in [4.78, 5) is 11.5. The molecule has 0 saturated heterocycles. The summed E-state index contributed by atoms with van der Waals surface area (Å²) in [6, 6.07) is 3.20. The molecule has 5 heteroatoms.